The lowest BCUT2D eigenvalue weighted by molar-refractivity contribution is 0.446. The number of pyridine rings is 1. The second kappa shape index (κ2) is 16.6. The van der Waals surface area contributed by atoms with Crippen LogP contribution in [0.25, 0.3) is 50.6 Å². The normalized spacial score (nSPS) is 17.6. The van der Waals surface area contributed by atoms with E-state index >= 15 is 0 Å². The SMILES string of the molecule is CC(C)c1cccc(C(C)C)c1-n1c(-c2cc(-c3cccc(-c4cc(C(C)(C)C)cc(C(C)(C)C)c4O)n3)c3c(c2)C2c4ccccc4C3c3ccccc32)nc2cc3c(cc21)C1c2ccccc2C3c2ccccc21. The summed E-state index contributed by atoms with van der Waals surface area (Å²) in [6.07, 6.45) is 0. The summed E-state index contributed by atoms with van der Waals surface area (Å²) >= 11 is 0. The molecule has 6 aliphatic rings. The number of phenolic OH excluding ortho intramolecular Hbond substituents is 1. The van der Waals surface area contributed by atoms with Crippen LogP contribution in [0.1, 0.15) is 194 Å². The number of imidazole rings is 1. The first kappa shape index (κ1) is 46.7. The van der Waals surface area contributed by atoms with E-state index in [2.05, 4.69) is 244 Å². The van der Waals surface area contributed by atoms with Crippen molar-refractivity contribution in [3.63, 3.8) is 0 Å². The third-order valence-electron chi connectivity index (χ3n) is 17.7. The van der Waals surface area contributed by atoms with Gasteiger partial charge in [-0.1, -0.05) is 197 Å². The van der Waals surface area contributed by atoms with E-state index in [-0.39, 0.29) is 46.3 Å². The first-order valence-corrected chi connectivity index (χ1v) is 27.7. The first-order chi connectivity index (χ1) is 36.6. The van der Waals surface area contributed by atoms with Crippen LogP contribution in [-0.2, 0) is 10.8 Å². The molecule has 0 aliphatic heterocycles. The minimum absolute atomic E-state index is 0.00510. The Morgan fingerprint density at radius 1 is 0.434 bits per heavy atom. The van der Waals surface area contributed by atoms with Gasteiger partial charge >= 0.3 is 0 Å². The predicted molar refractivity (Wildman–Crippen MR) is 312 cm³/mol. The van der Waals surface area contributed by atoms with E-state index in [1.807, 2.05) is 0 Å². The number of fused-ring (bicyclic) bond motifs is 1. The van der Waals surface area contributed by atoms with Crippen molar-refractivity contribution in [1.29, 1.82) is 0 Å². The van der Waals surface area contributed by atoms with Crippen molar-refractivity contribution in [2.45, 2.75) is 116 Å². The number of hydrogen-bond acceptors (Lipinski definition) is 3. The summed E-state index contributed by atoms with van der Waals surface area (Å²) in [5.74, 6) is 2.02. The van der Waals surface area contributed by atoms with Crippen molar-refractivity contribution in [3.05, 3.63) is 259 Å². The number of benzene rings is 8. The molecule has 1 N–H and O–H groups in total. The Bertz CT molecular complexity index is 3960. The van der Waals surface area contributed by atoms with Crippen LogP contribution in [0, 0.1) is 0 Å². The predicted octanol–water partition coefficient (Wildman–Crippen LogP) is 17.9. The number of aromatic nitrogens is 3. The van der Waals surface area contributed by atoms with Crippen molar-refractivity contribution in [3.8, 4) is 45.3 Å². The summed E-state index contributed by atoms with van der Waals surface area (Å²) in [5, 5.41) is 12.3. The lowest BCUT2D eigenvalue weighted by Crippen LogP contribution is -2.28. The number of nitrogens with zero attached hydrogens (tertiary/aromatic N) is 3. The van der Waals surface area contributed by atoms with Gasteiger partial charge in [0.15, 0.2) is 0 Å². The molecule has 4 bridgehead atoms. The maximum Gasteiger partial charge on any atom is 0.145 e. The number of rotatable bonds is 6. The quantitative estimate of drug-likeness (QED) is 0.181. The van der Waals surface area contributed by atoms with Gasteiger partial charge in [-0.05, 0) is 149 Å². The van der Waals surface area contributed by atoms with Crippen molar-refractivity contribution in [2.24, 2.45) is 0 Å². The summed E-state index contributed by atoms with van der Waals surface area (Å²) < 4.78 is 2.56. The number of aromatic hydroxyl groups is 1. The molecule has 4 heteroatoms. The average Bonchev–Trinajstić information content (AvgIpc) is 3.97. The molecule has 0 fully saturated rings. The van der Waals surface area contributed by atoms with E-state index in [1.54, 1.807) is 0 Å². The molecule has 0 amide bonds. The number of hydrogen-bond donors (Lipinski definition) is 1. The maximum atomic E-state index is 12.3. The Balaban J connectivity index is 1.08. The highest BCUT2D eigenvalue weighted by Crippen LogP contribution is 2.60. The van der Waals surface area contributed by atoms with Gasteiger partial charge in [0.1, 0.15) is 11.6 Å². The third kappa shape index (κ3) is 6.74. The van der Waals surface area contributed by atoms with E-state index in [1.165, 1.54) is 89.1 Å². The molecule has 2 heterocycles. The van der Waals surface area contributed by atoms with Crippen molar-refractivity contribution >= 4 is 11.0 Å². The fraction of sp³-hybridized carbons (Fsp3) is 0.250. The lowest BCUT2D eigenvalue weighted by atomic mass is 9.60. The van der Waals surface area contributed by atoms with E-state index < -0.39 is 0 Å². The van der Waals surface area contributed by atoms with Gasteiger partial charge in [-0.15, -0.1) is 0 Å². The molecule has 4 nitrogen and oxygen atoms in total. The van der Waals surface area contributed by atoms with Crippen LogP contribution in [0.4, 0.5) is 0 Å². The summed E-state index contributed by atoms with van der Waals surface area (Å²) in [6, 6.07) is 64.1. The van der Waals surface area contributed by atoms with E-state index in [0.29, 0.717) is 5.75 Å². The Kier molecular flexibility index (Phi) is 10.2. The Hall–Kier alpha value is -7.82. The third-order valence-corrected chi connectivity index (χ3v) is 17.7. The maximum absolute atomic E-state index is 12.3. The molecule has 0 atom stereocenters. The molecule has 0 radical (unpaired) electrons. The van der Waals surface area contributed by atoms with Crippen LogP contribution in [0.15, 0.2) is 170 Å². The van der Waals surface area contributed by atoms with Gasteiger partial charge in [-0.3, -0.25) is 4.57 Å². The molecule has 6 aliphatic carbocycles. The topological polar surface area (TPSA) is 50.9 Å². The van der Waals surface area contributed by atoms with Crippen molar-refractivity contribution in [2.75, 3.05) is 0 Å². The van der Waals surface area contributed by atoms with Crippen LogP contribution in [0.5, 0.6) is 5.75 Å². The summed E-state index contributed by atoms with van der Waals surface area (Å²) in [4.78, 5) is 11.6. The van der Waals surface area contributed by atoms with E-state index in [4.69, 9.17) is 9.97 Å². The second-order valence-electron chi connectivity index (χ2n) is 24.9. The highest BCUT2D eigenvalue weighted by Gasteiger charge is 2.45. The lowest BCUT2D eigenvalue weighted by Gasteiger charge is -2.43. The fourth-order valence-electron chi connectivity index (χ4n) is 14.1. The van der Waals surface area contributed by atoms with E-state index in [9.17, 15) is 5.11 Å². The summed E-state index contributed by atoms with van der Waals surface area (Å²) in [5.41, 5.74) is 28.6. The molecule has 0 unspecified atom stereocenters. The molecule has 16 rings (SSSR count). The van der Waals surface area contributed by atoms with Gasteiger partial charge < -0.3 is 5.11 Å². The standard InChI is InChI=1S/C72H65N3O/c1-39(2)43-29-19-30-44(40(3)4)68(43)75-62-38-54-53(63-45-21-11-13-23-47(45)64(54)48-24-14-12-22-46(48)63)37-61(62)74-70(75)41-33-55(67-57(34-41)65-49-25-15-17-27-51(49)66(67)52-28-18-16-26-50(52)65)59-31-20-32-60(73-59)56-35-42(71(5,6)7)36-58(69(56)76)72(8,9)10/h11-40,63-66,76H,1-10H3. The van der Waals surface area contributed by atoms with Gasteiger partial charge in [0.25, 0.3) is 0 Å². The summed E-state index contributed by atoms with van der Waals surface area (Å²) in [6.45, 7) is 22.6. The van der Waals surface area contributed by atoms with Gasteiger partial charge in [-0.2, -0.15) is 0 Å². The number of para-hydroxylation sites is 1. The average molecular weight is 988 g/mol. The fourth-order valence-corrected chi connectivity index (χ4v) is 14.1. The highest BCUT2D eigenvalue weighted by atomic mass is 16.3. The van der Waals surface area contributed by atoms with Crippen LogP contribution in [0.2, 0.25) is 0 Å². The zero-order chi connectivity index (χ0) is 52.3. The molecule has 8 aromatic carbocycles. The Labute approximate surface area is 448 Å². The largest absolute Gasteiger partial charge is 0.507 e. The minimum Gasteiger partial charge on any atom is -0.507 e. The molecule has 10 aromatic rings. The molecular weight excluding hydrogens is 923 g/mol. The van der Waals surface area contributed by atoms with Crippen LogP contribution < -0.4 is 0 Å². The van der Waals surface area contributed by atoms with Crippen molar-refractivity contribution in [1.82, 2.24) is 14.5 Å². The molecule has 2 aromatic heterocycles. The monoisotopic (exact) mass is 988 g/mol. The Morgan fingerprint density at radius 2 is 0.895 bits per heavy atom. The Morgan fingerprint density at radius 3 is 1.38 bits per heavy atom. The molecule has 0 spiro atoms. The van der Waals surface area contributed by atoms with Gasteiger partial charge in [0.05, 0.1) is 28.1 Å². The second-order valence-corrected chi connectivity index (χ2v) is 24.9. The molecular formula is C72H65N3O. The van der Waals surface area contributed by atoms with Crippen molar-refractivity contribution < 1.29 is 5.11 Å². The van der Waals surface area contributed by atoms with Gasteiger partial charge in [0, 0.05) is 45.9 Å². The summed E-state index contributed by atoms with van der Waals surface area (Å²) in [7, 11) is 0. The molecule has 76 heavy (non-hydrogen) atoms. The smallest absolute Gasteiger partial charge is 0.145 e. The van der Waals surface area contributed by atoms with E-state index in [0.717, 1.165) is 50.5 Å². The van der Waals surface area contributed by atoms with Gasteiger partial charge in [-0.25, -0.2) is 9.97 Å². The zero-order valence-electron chi connectivity index (χ0n) is 45.4. The molecule has 0 saturated heterocycles. The number of phenols is 1. The van der Waals surface area contributed by atoms with Gasteiger partial charge in [0.2, 0.25) is 0 Å². The van der Waals surface area contributed by atoms with Crippen LogP contribution in [-0.4, -0.2) is 19.6 Å². The van der Waals surface area contributed by atoms with Crippen LogP contribution >= 0.6 is 0 Å². The molecule has 374 valence electrons. The highest BCUT2D eigenvalue weighted by molar-refractivity contribution is 5.90. The van der Waals surface area contributed by atoms with Crippen LogP contribution in [0.3, 0.4) is 0 Å². The molecule has 0 saturated carbocycles. The minimum atomic E-state index is -0.285. The zero-order valence-corrected chi connectivity index (χ0v) is 45.4. The first-order valence-electron chi connectivity index (χ1n) is 27.7.